The van der Waals surface area contributed by atoms with Gasteiger partial charge in [-0.2, -0.15) is 0 Å². The van der Waals surface area contributed by atoms with Crippen molar-refractivity contribution in [3.63, 3.8) is 0 Å². The Labute approximate surface area is 46.2 Å². The van der Waals surface area contributed by atoms with E-state index in [1.165, 1.54) is 0 Å². The average molecular weight is 264 g/mol. The number of rotatable bonds is 2. The Hall–Kier alpha value is 0.922. The Morgan fingerprint density at radius 2 is 1.60 bits per heavy atom. The van der Waals surface area contributed by atoms with Gasteiger partial charge in [-0.25, -0.2) is 0 Å². The van der Waals surface area contributed by atoms with Gasteiger partial charge in [0.25, 0.3) is 0 Å². The second-order valence-corrected chi connectivity index (χ2v) is 11.9. The van der Waals surface area contributed by atoms with E-state index in [2.05, 4.69) is 13.8 Å². The molecule has 0 heterocycles. The normalized spacial score (nSPS) is 7.60. The van der Waals surface area contributed by atoms with Crippen LogP contribution in [-0.4, -0.2) is 24.2 Å². The van der Waals surface area contributed by atoms with Gasteiger partial charge in [0.05, 0.1) is 0 Å². The molecule has 0 radical (unpaired) electrons. The Morgan fingerprint density at radius 1 is 1.20 bits per heavy atom. The zero-order valence-electron chi connectivity index (χ0n) is 4.12. The SMILES string of the molecule is C[CH2][TlH][CH2]C. The van der Waals surface area contributed by atoms with E-state index in [4.69, 9.17) is 0 Å². The zero-order valence-corrected chi connectivity index (χ0v) is 9.62. The molecular formula is C4H11Tl. The van der Waals surface area contributed by atoms with Gasteiger partial charge in [-0.1, -0.05) is 0 Å². The summed E-state index contributed by atoms with van der Waals surface area (Å²) in [5, 5.41) is 0. The van der Waals surface area contributed by atoms with Gasteiger partial charge in [-0.15, -0.1) is 0 Å². The topological polar surface area (TPSA) is 0 Å². The van der Waals surface area contributed by atoms with Crippen molar-refractivity contribution in [3.8, 4) is 0 Å². The molecule has 0 aromatic rings. The summed E-state index contributed by atoms with van der Waals surface area (Å²) in [5.74, 6) is 0. The van der Waals surface area contributed by atoms with Crippen molar-refractivity contribution in [2.45, 2.75) is 21.8 Å². The Balaban J connectivity index is 2.19. The fraction of sp³-hybridized carbons (Fsp3) is 1.00. The number of hydrogen-bond acceptors (Lipinski definition) is 0. The van der Waals surface area contributed by atoms with Crippen LogP contribution in [0, 0.1) is 0 Å². The van der Waals surface area contributed by atoms with Crippen molar-refractivity contribution < 1.29 is 0 Å². The molecule has 0 atom stereocenters. The second kappa shape index (κ2) is 4.92. The Bertz CT molecular complexity index is 11.1. The van der Waals surface area contributed by atoms with Crippen LogP contribution >= 0.6 is 0 Å². The molecule has 0 aliphatic rings. The van der Waals surface area contributed by atoms with Gasteiger partial charge in [-0.3, -0.25) is 0 Å². The van der Waals surface area contributed by atoms with Gasteiger partial charge in [0.15, 0.2) is 0 Å². The summed E-state index contributed by atoms with van der Waals surface area (Å²) in [6, 6.07) is 0. The van der Waals surface area contributed by atoms with Crippen molar-refractivity contribution >= 4 is 24.2 Å². The molecular weight excluding hydrogens is 252 g/mol. The van der Waals surface area contributed by atoms with Crippen LogP contribution in [0.15, 0.2) is 0 Å². The first kappa shape index (κ1) is 5.92. The van der Waals surface area contributed by atoms with E-state index in [0.29, 0.717) is 0 Å². The first-order valence-corrected chi connectivity index (χ1v) is 10.2. The van der Waals surface area contributed by atoms with Crippen molar-refractivity contribution in [1.82, 2.24) is 0 Å². The van der Waals surface area contributed by atoms with Gasteiger partial charge in [0.1, 0.15) is 0 Å². The van der Waals surface area contributed by atoms with Crippen molar-refractivity contribution in [2.75, 3.05) is 0 Å². The van der Waals surface area contributed by atoms with Crippen LogP contribution in [0.3, 0.4) is 0 Å². The molecule has 0 amide bonds. The molecule has 0 nitrogen and oxygen atoms in total. The third-order valence-corrected chi connectivity index (χ3v) is 6.20. The first-order chi connectivity index (χ1) is 2.41. The third kappa shape index (κ3) is 4.92. The van der Waals surface area contributed by atoms with E-state index in [0.717, 1.165) is 0 Å². The molecule has 0 unspecified atom stereocenters. The Morgan fingerprint density at radius 3 is 1.60 bits per heavy atom. The summed E-state index contributed by atoms with van der Waals surface area (Å²) in [4.78, 5) is 0. The molecule has 1 heteroatoms. The quantitative estimate of drug-likeness (QED) is 0.659. The molecule has 0 rings (SSSR count). The molecule has 0 aliphatic heterocycles. The Kier molecular flexibility index (Phi) is 5.83. The summed E-state index contributed by atoms with van der Waals surface area (Å²) in [5.41, 5.74) is 0. The summed E-state index contributed by atoms with van der Waals surface area (Å²) in [7, 11) is 0. The predicted octanol–water partition coefficient (Wildman–Crippen LogP) is 1.30. The molecule has 30 valence electrons. The van der Waals surface area contributed by atoms with Gasteiger partial charge in [0.2, 0.25) is 0 Å². The fourth-order valence-corrected chi connectivity index (χ4v) is 3.10. The monoisotopic (exact) mass is 264 g/mol. The van der Waals surface area contributed by atoms with Crippen LogP contribution in [-0.2, 0) is 0 Å². The third-order valence-electron chi connectivity index (χ3n) is 0.707. The van der Waals surface area contributed by atoms with Gasteiger partial charge in [0, 0.05) is 0 Å². The minimum atomic E-state index is -0.142. The van der Waals surface area contributed by atoms with Gasteiger partial charge >= 0.3 is 46.0 Å². The molecule has 0 aliphatic carbocycles. The molecule has 0 spiro atoms. The van der Waals surface area contributed by atoms with Gasteiger partial charge in [-0.05, 0) is 0 Å². The molecule has 0 bridgehead atoms. The van der Waals surface area contributed by atoms with Crippen LogP contribution in [0.4, 0.5) is 0 Å². The van der Waals surface area contributed by atoms with Crippen LogP contribution in [0.5, 0.6) is 0 Å². The van der Waals surface area contributed by atoms with Crippen molar-refractivity contribution in [1.29, 1.82) is 0 Å². The number of hydrogen-bond donors (Lipinski definition) is 0. The van der Waals surface area contributed by atoms with Crippen LogP contribution in [0.2, 0.25) is 7.96 Å². The molecule has 0 N–H and O–H groups in total. The van der Waals surface area contributed by atoms with E-state index in [-0.39, 0.29) is 24.2 Å². The van der Waals surface area contributed by atoms with Crippen molar-refractivity contribution in [3.05, 3.63) is 0 Å². The second-order valence-electron chi connectivity index (χ2n) is 1.35. The molecule has 0 fully saturated rings. The average Bonchev–Trinajstić information content (AvgIpc) is 1.41. The first-order valence-electron chi connectivity index (χ1n) is 2.41. The molecule has 5 heavy (non-hydrogen) atoms. The predicted molar refractivity (Wildman–Crippen MR) is 28.1 cm³/mol. The zero-order chi connectivity index (χ0) is 4.12. The molecule has 0 aromatic carbocycles. The van der Waals surface area contributed by atoms with E-state index in [1.54, 1.807) is 7.96 Å². The van der Waals surface area contributed by atoms with Crippen LogP contribution in [0.1, 0.15) is 13.8 Å². The van der Waals surface area contributed by atoms with E-state index < -0.39 is 0 Å². The fourth-order valence-electron chi connectivity index (χ4n) is 0.354. The van der Waals surface area contributed by atoms with Crippen molar-refractivity contribution in [2.24, 2.45) is 0 Å². The summed E-state index contributed by atoms with van der Waals surface area (Å²) in [6.45, 7) is 4.62. The minimum absolute atomic E-state index is 0.142. The van der Waals surface area contributed by atoms with Crippen LogP contribution in [0.25, 0.3) is 0 Å². The van der Waals surface area contributed by atoms with Gasteiger partial charge < -0.3 is 0 Å². The molecule has 0 saturated heterocycles. The van der Waals surface area contributed by atoms with E-state index in [1.807, 2.05) is 0 Å². The van der Waals surface area contributed by atoms with E-state index >= 15 is 0 Å². The van der Waals surface area contributed by atoms with Crippen LogP contribution < -0.4 is 0 Å². The molecule has 0 aromatic heterocycles. The standard InChI is InChI=1S/2C2H5.Tl.H/c2*1-2;;/h2*1H2,2H3;;. The van der Waals surface area contributed by atoms with E-state index in [9.17, 15) is 0 Å². The summed E-state index contributed by atoms with van der Waals surface area (Å²) < 4.78 is 3.13. The summed E-state index contributed by atoms with van der Waals surface area (Å²) >= 11 is -0.142. The maximum atomic E-state index is 2.31. The summed E-state index contributed by atoms with van der Waals surface area (Å²) in [6.07, 6.45) is 0. The maximum absolute atomic E-state index is 2.31. The molecule has 0 saturated carbocycles.